The lowest BCUT2D eigenvalue weighted by Crippen LogP contribution is -2.39. The van der Waals surface area contributed by atoms with Crippen LogP contribution in [-0.4, -0.2) is 37.0 Å². The molecule has 17 heavy (non-hydrogen) atoms. The molecule has 2 N–H and O–H groups in total. The molecule has 0 bridgehead atoms. The van der Waals surface area contributed by atoms with Crippen LogP contribution in [0.3, 0.4) is 0 Å². The largest absolute Gasteiger partial charge is 0.442 e. The lowest BCUT2D eigenvalue weighted by molar-refractivity contribution is 0.00669. The van der Waals surface area contributed by atoms with Gasteiger partial charge in [0.05, 0.1) is 0 Å². The molecule has 0 aromatic rings. The fourth-order valence-electron chi connectivity index (χ4n) is 1.50. The summed E-state index contributed by atoms with van der Waals surface area (Å²) in [5, 5.41) is -2.15. The highest BCUT2D eigenvalue weighted by Crippen LogP contribution is 2.21. The number of nitrogens with one attached hydrogen (secondary N) is 1. The second kappa shape index (κ2) is 5.13. The standard InChI is InChI=1S/C8H13F2NO5S/c9-8(10,17(13,14)15)5-16-7(12)11-6-3-1-2-4-6/h6H,1-5H2,(H,11,12)(H,13,14,15). The number of alkyl halides is 2. The Balaban J connectivity index is 2.37. The second-order valence-corrected chi connectivity index (χ2v) is 5.36. The Labute approximate surface area is 97.1 Å². The first-order chi connectivity index (χ1) is 7.72. The Bertz CT molecular complexity index is 377. The number of hydrogen-bond donors (Lipinski definition) is 2. The predicted octanol–water partition coefficient (Wildman–Crippen LogP) is 1.14. The summed E-state index contributed by atoms with van der Waals surface area (Å²) in [6.45, 7) is -1.70. The molecule has 1 fully saturated rings. The van der Waals surface area contributed by atoms with Gasteiger partial charge in [-0.2, -0.15) is 17.2 Å². The zero-order valence-electron chi connectivity index (χ0n) is 8.86. The zero-order valence-corrected chi connectivity index (χ0v) is 9.67. The fourth-order valence-corrected chi connectivity index (χ4v) is 1.71. The van der Waals surface area contributed by atoms with E-state index in [4.69, 9.17) is 4.55 Å². The first kappa shape index (κ1) is 14.1. The van der Waals surface area contributed by atoms with Gasteiger partial charge in [-0.1, -0.05) is 12.8 Å². The number of rotatable bonds is 4. The van der Waals surface area contributed by atoms with Gasteiger partial charge in [0.2, 0.25) is 0 Å². The summed E-state index contributed by atoms with van der Waals surface area (Å²) < 4.78 is 57.9. The number of alkyl carbamates (subject to hydrolysis) is 1. The van der Waals surface area contributed by atoms with Crippen molar-refractivity contribution in [2.24, 2.45) is 0 Å². The van der Waals surface area contributed by atoms with Crippen LogP contribution in [0.15, 0.2) is 0 Å². The summed E-state index contributed by atoms with van der Waals surface area (Å²) in [6, 6.07) is -0.123. The third kappa shape index (κ3) is 4.08. The molecule has 1 amide bonds. The number of ether oxygens (including phenoxy) is 1. The Hall–Kier alpha value is -0.960. The van der Waals surface area contributed by atoms with Crippen LogP contribution < -0.4 is 5.32 Å². The molecule has 100 valence electrons. The summed E-state index contributed by atoms with van der Waals surface area (Å²) in [6.07, 6.45) is 2.24. The molecule has 0 unspecified atom stereocenters. The number of amides is 1. The van der Waals surface area contributed by atoms with E-state index in [9.17, 15) is 22.0 Å². The summed E-state index contributed by atoms with van der Waals surface area (Å²) >= 11 is 0. The van der Waals surface area contributed by atoms with Gasteiger partial charge in [-0.25, -0.2) is 4.79 Å². The molecule has 0 aromatic heterocycles. The molecule has 0 aliphatic heterocycles. The van der Waals surface area contributed by atoms with Crippen molar-refractivity contribution in [3.8, 4) is 0 Å². The van der Waals surface area contributed by atoms with Gasteiger partial charge in [-0.05, 0) is 12.8 Å². The smallest absolute Gasteiger partial charge is 0.407 e. The summed E-state index contributed by atoms with van der Waals surface area (Å²) in [7, 11) is -5.56. The van der Waals surface area contributed by atoms with Crippen LogP contribution in [0.2, 0.25) is 0 Å². The molecular weight excluding hydrogens is 260 g/mol. The van der Waals surface area contributed by atoms with Crippen molar-refractivity contribution in [3.63, 3.8) is 0 Å². The minimum Gasteiger partial charge on any atom is -0.442 e. The van der Waals surface area contributed by atoms with Gasteiger partial charge in [0.25, 0.3) is 0 Å². The van der Waals surface area contributed by atoms with E-state index >= 15 is 0 Å². The van der Waals surface area contributed by atoms with Crippen LogP contribution >= 0.6 is 0 Å². The number of carbonyl (C=O) groups excluding carboxylic acids is 1. The van der Waals surface area contributed by atoms with Gasteiger partial charge in [-0.15, -0.1) is 0 Å². The summed E-state index contributed by atoms with van der Waals surface area (Å²) in [4.78, 5) is 11.0. The van der Waals surface area contributed by atoms with E-state index in [1.807, 2.05) is 0 Å². The van der Waals surface area contributed by atoms with Crippen molar-refractivity contribution in [3.05, 3.63) is 0 Å². The minimum atomic E-state index is -5.56. The van der Waals surface area contributed by atoms with Crippen molar-refractivity contribution < 1.29 is 31.3 Å². The van der Waals surface area contributed by atoms with Crippen LogP contribution in [0.5, 0.6) is 0 Å². The Morgan fingerprint density at radius 3 is 2.41 bits per heavy atom. The third-order valence-electron chi connectivity index (χ3n) is 2.43. The average molecular weight is 273 g/mol. The highest BCUT2D eigenvalue weighted by atomic mass is 32.2. The minimum absolute atomic E-state index is 0.123. The van der Waals surface area contributed by atoms with Gasteiger partial charge < -0.3 is 10.1 Å². The molecule has 1 saturated carbocycles. The van der Waals surface area contributed by atoms with E-state index in [0.29, 0.717) is 0 Å². The zero-order chi connectivity index (χ0) is 13.1. The number of hydrogen-bond acceptors (Lipinski definition) is 4. The van der Waals surface area contributed by atoms with Crippen LogP contribution in [0.4, 0.5) is 13.6 Å². The van der Waals surface area contributed by atoms with E-state index in [0.717, 1.165) is 25.7 Å². The average Bonchev–Trinajstić information content (AvgIpc) is 2.66. The molecule has 0 spiro atoms. The maximum absolute atomic E-state index is 12.7. The van der Waals surface area contributed by atoms with Crippen molar-refractivity contribution in [1.29, 1.82) is 0 Å². The van der Waals surface area contributed by atoms with Crippen molar-refractivity contribution in [2.45, 2.75) is 37.0 Å². The van der Waals surface area contributed by atoms with E-state index in [1.54, 1.807) is 0 Å². The molecule has 0 heterocycles. The molecule has 1 aliphatic rings. The molecule has 0 saturated heterocycles. The van der Waals surface area contributed by atoms with Gasteiger partial charge in [0.1, 0.15) is 0 Å². The Morgan fingerprint density at radius 2 is 1.94 bits per heavy atom. The molecule has 1 aliphatic carbocycles. The van der Waals surface area contributed by atoms with E-state index < -0.39 is 28.1 Å². The van der Waals surface area contributed by atoms with Crippen molar-refractivity contribution >= 4 is 16.2 Å². The lowest BCUT2D eigenvalue weighted by Gasteiger charge is -2.15. The monoisotopic (exact) mass is 273 g/mol. The second-order valence-electron chi connectivity index (χ2n) is 3.81. The van der Waals surface area contributed by atoms with E-state index in [1.165, 1.54) is 0 Å². The highest BCUT2D eigenvalue weighted by molar-refractivity contribution is 7.86. The Morgan fingerprint density at radius 1 is 1.41 bits per heavy atom. The number of carbonyl (C=O) groups is 1. The van der Waals surface area contributed by atoms with Crippen molar-refractivity contribution in [1.82, 2.24) is 5.32 Å². The summed E-state index contributed by atoms with van der Waals surface area (Å²) in [5.74, 6) is 0. The van der Waals surface area contributed by atoms with Gasteiger partial charge >= 0.3 is 21.5 Å². The van der Waals surface area contributed by atoms with Gasteiger partial charge in [0.15, 0.2) is 6.61 Å². The topological polar surface area (TPSA) is 92.7 Å². The molecule has 9 heteroatoms. The molecule has 0 radical (unpaired) electrons. The fraction of sp³-hybridized carbons (Fsp3) is 0.875. The highest BCUT2D eigenvalue weighted by Gasteiger charge is 2.45. The molecule has 6 nitrogen and oxygen atoms in total. The van der Waals surface area contributed by atoms with Crippen LogP contribution in [-0.2, 0) is 14.9 Å². The van der Waals surface area contributed by atoms with E-state index in [-0.39, 0.29) is 6.04 Å². The Kier molecular flexibility index (Phi) is 4.26. The lowest BCUT2D eigenvalue weighted by atomic mass is 10.3. The summed E-state index contributed by atoms with van der Waals surface area (Å²) in [5.41, 5.74) is 0. The van der Waals surface area contributed by atoms with E-state index in [2.05, 4.69) is 10.1 Å². The molecule has 0 aromatic carbocycles. The first-order valence-corrected chi connectivity index (χ1v) is 6.44. The normalized spacial score (nSPS) is 18.1. The van der Waals surface area contributed by atoms with Crippen molar-refractivity contribution in [2.75, 3.05) is 6.61 Å². The van der Waals surface area contributed by atoms with Crippen LogP contribution in [0.1, 0.15) is 25.7 Å². The third-order valence-corrected chi connectivity index (χ3v) is 3.30. The maximum atomic E-state index is 12.7. The molecule has 0 atom stereocenters. The molecular formula is C8H13F2NO5S. The quantitative estimate of drug-likeness (QED) is 0.749. The van der Waals surface area contributed by atoms with Gasteiger partial charge in [0, 0.05) is 6.04 Å². The van der Waals surface area contributed by atoms with Crippen LogP contribution in [0, 0.1) is 0 Å². The van der Waals surface area contributed by atoms with Crippen LogP contribution in [0.25, 0.3) is 0 Å². The molecule has 1 rings (SSSR count). The number of halogens is 2. The first-order valence-electron chi connectivity index (χ1n) is 5.00. The SMILES string of the molecule is O=C(NC1CCCC1)OCC(F)(F)S(=O)(=O)O. The van der Waals surface area contributed by atoms with Gasteiger partial charge in [-0.3, -0.25) is 4.55 Å². The maximum Gasteiger partial charge on any atom is 0.407 e. The predicted molar refractivity (Wildman–Crippen MR) is 53.2 cm³/mol.